The Morgan fingerprint density at radius 2 is 1.79 bits per heavy atom. The molecule has 7 heteroatoms. The molecule has 29 heavy (non-hydrogen) atoms. The van der Waals surface area contributed by atoms with Crippen molar-refractivity contribution in [2.75, 3.05) is 5.32 Å². The maximum atomic E-state index is 13.0. The molecule has 0 spiro atoms. The van der Waals surface area contributed by atoms with Crippen LogP contribution in [0.3, 0.4) is 0 Å². The molecule has 1 heterocycles. The Labute approximate surface area is 165 Å². The van der Waals surface area contributed by atoms with Gasteiger partial charge in [0.05, 0.1) is 11.6 Å². The molecule has 4 rings (SSSR count). The minimum Gasteiger partial charge on any atom is -0.325 e. The van der Waals surface area contributed by atoms with Crippen molar-refractivity contribution in [1.82, 2.24) is 9.78 Å². The zero-order valence-electron chi connectivity index (χ0n) is 15.4. The molecule has 142 valence electrons. The van der Waals surface area contributed by atoms with Crippen LogP contribution in [0.15, 0.2) is 60.7 Å². The van der Waals surface area contributed by atoms with Crippen molar-refractivity contribution >= 4 is 39.1 Å². The molecule has 4 aromatic rings. The summed E-state index contributed by atoms with van der Waals surface area (Å²) >= 11 is 0. The highest BCUT2D eigenvalue weighted by Gasteiger charge is 2.31. The highest BCUT2D eigenvalue weighted by atomic mass is 19.1. The van der Waals surface area contributed by atoms with E-state index >= 15 is 0 Å². The number of hydrogen-bond acceptors (Lipinski definition) is 4. The number of hydrogen-bond donors (Lipinski definition) is 1. The first-order valence-corrected chi connectivity index (χ1v) is 8.84. The van der Waals surface area contributed by atoms with Crippen LogP contribution in [0.2, 0.25) is 0 Å². The Bertz CT molecular complexity index is 1300. The van der Waals surface area contributed by atoms with Crippen LogP contribution in [0.5, 0.6) is 0 Å². The zero-order chi connectivity index (χ0) is 20.5. The molecule has 0 fully saturated rings. The number of halogens is 1. The summed E-state index contributed by atoms with van der Waals surface area (Å²) in [5.41, 5.74) is 1.11. The fraction of sp³-hybridized carbons (Fsp3) is 0.0909. The minimum absolute atomic E-state index is 0.0639. The van der Waals surface area contributed by atoms with Crippen molar-refractivity contribution in [2.24, 2.45) is 13.0 Å². The van der Waals surface area contributed by atoms with Gasteiger partial charge in [-0.1, -0.05) is 30.3 Å². The second kappa shape index (κ2) is 7.17. The lowest BCUT2D eigenvalue weighted by Crippen LogP contribution is -2.29. The normalized spacial score (nSPS) is 11.9. The van der Waals surface area contributed by atoms with Gasteiger partial charge in [0, 0.05) is 23.5 Å². The van der Waals surface area contributed by atoms with Gasteiger partial charge in [0.1, 0.15) is 11.5 Å². The first kappa shape index (κ1) is 18.3. The number of nitrogens with zero attached hydrogens (tertiary/aromatic N) is 3. The van der Waals surface area contributed by atoms with E-state index in [2.05, 4.69) is 10.4 Å². The van der Waals surface area contributed by atoms with Crippen LogP contribution in [0.25, 0.3) is 21.7 Å². The van der Waals surface area contributed by atoms with E-state index in [9.17, 15) is 19.2 Å². The van der Waals surface area contributed by atoms with Crippen LogP contribution >= 0.6 is 0 Å². The topological polar surface area (TPSA) is 87.8 Å². The quantitative estimate of drug-likeness (QED) is 0.427. The van der Waals surface area contributed by atoms with Gasteiger partial charge in [-0.2, -0.15) is 10.4 Å². The van der Waals surface area contributed by atoms with E-state index in [0.29, 0.717) is 11.1 Å². The number of carbonyl (C=O) groups excluding carboxylic acids is 2. The first-order valence-electron chi connectivity index (χ1n) is 8.84. The number of benzene rings is 3. The van der Waals surface area contributed by atoms with E-state index in [0.717, 1.165) is 16.3 Å². The number of nitrogens with one attached hydrogen (secondary N) is 1. The molecule has 1 amide bonds. The molecule has 0 bridgehead atoms. The van der Waals surface area contributed by atoms with Crippen LogP contribution in [0.1, 0.15) is 10.5 Å². The van der Waals surface area contributed by atoms with Gasteiger partial charge in [-0.3, -0.25) is 14.3 Å². The fourth-order valence-electron chi connectivity index (χ4n) is 3.35. The molecule has 1 N–H and O–H groups in total. The van der Waals surface area contributed by atoms with Crippen LogP contribution in [0.4, 0.5) is 10.1 Å². The average molecular weight is 386 g/mol. The first-order chi connectivity index (χ1) is 14.0. The van der Waals surface area contributed by atoms with Gasteiger partial charge >= 0.3 is 0 Å². The third-order valence-corrected chi connectivity index (χ3v) is 4.73. The number of aryl methyl sites for hydroxylation is 1. The maximum absolute atomic E-state index is 13.0. The van der Waals surface area contributed by atoms with Crippen molar-refractivity contribution in [3.05, 3.63) is 72.2 Å². The fourth-order valence-corrected chi connectivity index (χ4v) is 3.35. The molecule has 0 saturated heterocycles. The number of nitriles is 1. The molecule has 1 atom stereocenters. The number of carbonyl (C=O) groups is 2. The van der Waals surface area contributed by atoms with Crippen molar-refractivity contribution < 1.29 is 14.0 Å². The standard InChI is InChI=1S/C22H15FN4O2/c1-27-20-16-5-3-2-4-13(16)6-11-17(20)19(26-27)21(28)18(12-24)22(29)25-15-9-7-14(23)8-10-15/h2-11,18H,1H3,(H,25,29). The molecule has 3 aromatic carbocycles. The van der Waals surface area contributed by atoms with Crippen molar-refractivity contribution in [3.63, 3.8) is 0 Å². The van der Waals surface area contributed by atoms with Gasteiger partial charge in [-0.15, -0.1) is 0 Å². The minimum atomic E-state index is -1.58. The second-order valence-electron chi connectivity index (χ2n) is 6.58. The van der Waals surface area contributed by atoms with Crippen LogP contribution in [-0.4, -0.2) is 21.5 Å². The second-order valence-corrected chi connectivity index (χ2v) is 6.58. The summed E-state index contributed by atoms with van der Waals surface area (Å²) in [5.74, 6) is -3.51. The maximum Gasteiger partial charge on any atom is 0.249 e. The van der Waals surface area contributed by atoms with E-state index in [1.165, 1.54) is 24.3 Å². The number of fused-ring (bicyclic) bond motifs is 3. The van der Waals surface area contributed by atoms with E-state index in [1.807, 2.05) is 30.3 Å². The summed E-state index contributed by atoms with van der Waals surface area (Å²) in [4.78, 5) is 25.5. The summed E-state index contributed by atoms with van der Waals surface area (Å²) < 4.78 is 14.6. The highest BCUT2D eigenvalue weighted by molar-refractivity contribution is 6.21. The average Bonchev–Trinajstić information content (AvgIpc) is 3.07. The Morgan fingerprint density at radius 1 is 1.07 bits per heavy atom. The molecule has 6 nitrogen and oxygen atoms in total. The summed E-state index contributed by atoms with van der Waals surface area (Å²) in [6.07, 6.45) is 0. The summed E-state index contributed by atoms with van der Waals surface area (Å²) in [6.45, 7) is 0. The largest absolute Gasteiger partial charge is 0.325 e. The van der Waals surface area contributed by atoms with Crippen molar-refractivity contribution in [1.29, 1.82) is 5.26 Å². The van der Waals surface area contributed by atoms with Crippen LogP contribution < -0.4 is 5.32 Å². The molecule has 0 aliphatic heterocycles. The van der Waals surface area contributed by atoms with E-state index in [4.69, 9.17) is 0 Å². The van der Waals surface area contributed by atoms with Gasteiger partial charge in [0.2, 0.25) is 11.7 Å². The molecule has 0 aliphatic rings. The number of aromatic nitrogens is 2. The third kappa shape index (κ3) is 3.21. The van der Waals surface area contributed by atoms with E-state index in [1.54, 1.807) is 23.9 Å². The Hall–Kier alpha value is -4.05. The van der Waals surface area contributed by atoms with Gasteiger partial charge in [-0.05, 0) is 35.7 Å². The van der Waals surface area contributed by atoms with Crippen molar-refractivity contribution in [2.45, 2.75) is 0 Å². The number of Topliss-reactive ketones (excluding diaryl/α,β-unsaturated/α-hetero) is 1. The molecule has 0 radical (unpaired) electrons. The lowest BCUT2D eigenvalue weighted by atomic mass is 9.98. The van der Waals surface area contributed by atoms with E-state index in [-0.39, 0.29) is 5.69 Å². The van der Waals surface area contributed by atoms with E-state index < -0.39 is 23.4 Å². The van der Waals surface area contributed by atoms with Gasteiger partial charge in [0.25, 0.3) is 0 Å². The monoisotopic (exact) mass is 386 g/mol. The molecule has 1 aromatic heterocycles. The zero-order valence-corrected chi connectivity index (χ0v) is 15.4. The molecular weight excluding hydrogens is 371 g/mol. The Kier molecular flexibility index (Phi) is 4.53. The predicted octanol–water partition coefficient (Wildman–Crippen LogP) is 3.83. The number of ketones is 1. The highest BCUT2D eigenvalue weighted by Crippen LogP contribution is 2.28. The lowest BCUT2D eigenvalue weighted by Gasteiger charge is -2.09. The van der Waals surface area contributed by atoms with Crippen LogP contribution in [0, 0.1) is 23.1 Å². The Balaban J connectivity index is 1.71. The smallest absolute Gasteiger partial charge is 0.249 e. The van der Waals surface area contributed by atoms with Gasteiger partial charge in [0.15, 0.2) is 5.92 Å². The molecule has 1 unspecified atom stereocenters. The predicted molar refractivity (Wildman–Crippen MR) is 107 cm³/mol. The molecule has 0 aliphatic carbocycles. The Morgan fingerprint density at radius 3 is 2.52 bits per heavy atom. The van der Waals surface area contributed by atoms with Gasteiger partial charge in [-0.25, -0.2) is 4.39 Å². The number of anilines is 1. The van der Waals surface area contributed by atoms with Crippen molar-refractivity contribution in [3.8, 4) is 6.07 Å². The summed E-state index contributed by atoms with van der Waals surface area (Å²) in [6, 6.07) is 18.2. The SMILES string of the molecule is Cn1nc(C(=O)C(C#N)C(=O)Nc2ccc(F)cc2)c2ccc3ccccc3c21. The van der Waals surface area contributed by atoms with Gasteiger partial charge < -0.3 is 5.32 Å². The third-order valence-electron chi connectivity index (χ3n) is 4.73. The van der Waals surface area contributed by atoms with Crippen LogP contribution in [-0.2, 0) is 11.8 Å². The molecule has 0 saturated carbocycles. The molecular formula is C22H15FN4O2. The lowest BCUT2D eigenvalue weighted by molar-refractivity contribution is -0.117. The summed E-state index contributed by atoms with van der Waals surface area (Å²) in [5, 5.41) is 18.7. The number of rotatable bonds is 4. The summed E-state index contributed by atoms with van der Waals surface area (Å²) in [7, 11) is 1.71. The number of amides is 1.